The SMILES string of the molecule is O=[N+]([O-])c1cc(-c2nc3ncccc3[nH]2)cc(-c2ncccc2Cl)c1. The smallest absolute Gasteiger partial charge is 0.270 e. The van der Waals surface area contributed by atoms with Crippen LogP contribution in [0.3, 0.4) is 0 Å². The monoisotopic (exact) mass is 351 g/mol. The Bertz CT molecular complexity index is 1080. The largest absolute Gasteiger partial charge is 0.337 e. The molecule has 0 amide bonds. The summed E-state index contributed by atoms with van der Waals surface area (Å²) < 4.78 is 0. The number of non-ortho nitro benzene ring substituents is 1. The van der Waals surface area contributed by atoms with Gasteiger partial charge in [-0.3, -0.25) is 15.1 Å². The number of nitrogens with zero attached hydrogens (tertiary/aromatic N) is 4. The summed E-state index contributed by atoms with van der Waals surface area (Å²) in [6.07, 6.45) is 3.23. The number of nitro benzene ring substituents is 1. The Morgan fingerprint density at radius 1 is 1.04 bits per heavy atom. The number of halogens is 1. The van der Waals surface area contributed by atoms with E-state index in [9.17, 15) is 10.1 Å². The number of aromatic nitrogens is 4. The van der Waals surface area contributed by atoms with Gasteiger partial charge in [-0.1, -0.05) is 11.6 Å². The molecule has 0 spiro atoms. The quantitative estimate of drug-likeness (QED) is 0.439. The van der Waals surface area contributed by atoms with Crippen LogP contribution < -0.4 is 0 Å². The molecule has 0 atom stereocenters. The van der Waals surface area contributed by atoms with Crippen LogP contribution in [-0.2, 0) is 0 Å². The van der Waals surface area contributed by atoms with E-state index in [-0.39, 0.29) is 5.69 Å². The summed E-state index contributed by atoms with van der Waals surface area (Å²) in [6.45, 7) is 0. The summed E-state index contributed by atoms with van der Waals surface area (Å²) in [6, 6.07) is 11.7. The van der Waals surface area contributed by atoms with E-state index in [1.165, 1.54) is 12.1 Å². The van der Waals surface area contributed by atoms with E-state index in [0.29, 0.717) is 33.3 Å². The van der Waals surface area contributed by atoms with E-state index < -0.39 is 4.92 Å². The van der Waals surface area contributed by atoms with Crippen LogP contribution in [0.2, 0.25) is 5.02 Å². The summed E-state index contributed by atoms with van der Waals surface area (Å²) in [5, 5.41) is 11.8. The molecule has 0 bridgehead atoms. The van der Waals surface area contributed by atoms with Crippen molar-refractivity contribution in [1.82, 2.24) is 19.9 Å². The number of nitrogens with one attached hydrogen (secondary N) is 1. The minimum atomic E-state index is -0.454. The van der Waals surface area contributed by atoms with Gasteiger partial charge in [-0.05, 0) is 30.3 Å². The predicted octanol–water partition coefficient (Wildman–Crippen LogP) is 4.25. The summed E-state index contributed by atoms with van der Waals surface area (Å²) in [7, 11) is 0. The number of aromatic amines is 1. The number of benzene rings is 1. The third-order valence-electron chi connectivity index (χ3n) is 3.69. The molecule has 7 nitrogen and oxygen atoms in total. The number of fused-ring (bicyclic) bond motifs is 1. The van der Waals surface area contributed by atoms with Gasteiger partial charge in [0.2, 0.25) is 0 Å². The van der Waals surface area contributed by atoms with Crippen molar-refractivity contribution in [2.24, 2.45) is 0 Å². The van der Waals surface area contributed by atoms with Gasteiger partial charge in [0.15, 0.2) is 5.65 Å². The molecule has 25 heavy (non-hydrogen) atoms. The highest BCUT2D eigenvalue weighted by atomic mass is 35.5. The van der Waals surface area contributed by atoms with E-state index in [0.717, 1.165) is 5.52 Å². The molecule has 0 unspecified atom stereocenters. The zero-order valence-electron chi connectivity index (χ0n) is 12.7. The van der Waals surface area contributed by atoms with Crippen molar-refractivity contribution in [3.05, 3.63) is 70.0 Å². The molecular formula is C17H10ClN5O2. The molecule has 122 valence electrons. The second-order valence-corrected chi connectivity index (χ2v) is 5.73. The zero-order chi connectivity index (χ0) is 17.4. The Morgan fingerprint density at radius 3 is 2.56 bits per heavy atom. The van der Waals surface area contributed by atoms with Crippen molar-refractivity contribution in [3.63, 3.8) is 0 Å². The topological polar surface area (TPSA) is 97.6 Å². The van der Waals surface area contributed by atoms with Crippen LogP contribution in [0, 0.1) is 10.1 Å². The standard InChI is InChI=1S/C17H10ClN5O2/c18-13-3-1-5-19-15(13)10-7-11(9-12(8-10)23(24)25)16-21-14-4-2-6-20-17(14)22-16/h1-9H,(H,20,21,22). The van der Waals surface area contributed by atoms with Gasteiger partial charge in [-0.2, -0.15) is 0 Å². The highest BCUT2D eigenvalue weighted by molar-refractivity contribution is 6.33. The Balaban J connectivity index is 1.93. The number of hydrogen-bond acceptors (Lipinski definition) is 5. The molecule has 0 radical (unpaired) electrons. The molecule has 3 heterocycles. The first-order valence-electron chi connectivity index (χ1n) is 7.33. The number of H-pyrrole nitrogens is 1. The van der Waals surface area contributed by atoms with Crippen LogP contribution in [-0.4, -0.2) is 24.9 Å². The number of nitro groups is 1. The molecule has 0 fully saturated rings. The van der Waals surface area contributed by atoms with Gasteiger partial charge >= 0.3 is 0 Å². The number of hydrogen-bond donors (Lipinski definition) is 1. The predicted molar refractivity (Wildman–Crippen MR) is 94.2 cm³/mol. The van der Waals surface area contributed by atoms with Crippen molar-refractivity contribution in [3.8, 4) is 22.6 Å². The molecule has 1 N–H and O–H groups in total. The van der Waals surface area contributed by atoms with Crippen LogP contribution >= 0.6 is 11.6 Å². The van der Waals surface area contributed by atoms with Gasteiger partial charge in [0.25, 0.3) is 5.69 Å². The lowest BCUT2D eigenvalue weighted by Crippen LogP contribution is -1.93. The van der Waals surface area contributed by atoms with E-state index in [2.05, 4.69) is 19.9 Å². The van der Waals surface area contributed by atoms with Gasteiger partial charge in [0.1, 0.15) is 5.82 Å². The highest BCUT2D eigenvalue weighted by Crippen LogP contribution is 2.32. The lowest BCUT2D eigenvalue weighted by Gasteiger charge is -2.05. The molecule has 0 saturated carbocycles. The molecular weight excluding hydrogens is 342 g/mol. The average molecular weight is 352 g/mol. The Hall–Kier alpha value is -3.32. The van der Waals surface area contributed by atoms with Gasteiger partial charge in [0.05, 0.1) is 21.2 Å². The van der Waals surface area contributed by atoms with Crippen LogP contribution in [0.4, 0.5) is 5.69 Å². The number of rotatable bonds is 3. The van der Waals surface area contributed by atoms with Crippen LogP contribution in [0.15, 0.2) is 54.9 Å². The molecule has 3 aromatic heterocycles. The Kier molecular flexibility index (Phi) is 3.62. The maximum absolute atomic E-state index is 11.3. The van der Waals surface area contributed by atoms with Crippen molar-refractivity contribution < 1.29 is 4.92 Å². The van der Waals surface area contributed by atoms with Crippen LogP contribution in [0.5, 0.6) is 0 Å². The summed E-state index contributed by atoms with van der Waals surface area (Å²) in [5.74, 6) is 0.491. The van der Waals surface area contributed by atoms with E-state index in [4.69, 9.17) is 11.6 Å². The van der Waals surface area contributed by atoms with Crippen LogP contribution in [0.25, 0.3) is 33.8 Å². The molecule has 4 aromatic rings. The summed E-state index contributed by atoms with van der Waals surface area (Å²) >= 11 is 6.19. The first-order valence-corrected chi connectivity index (χ1v) is 7.71. The normalized spacial score (nSPS) is 10.9. The third-order valence-corrected chi connectivity index (χ3v) is 4.00. The zero-order valence-corrected chi connectivity index (χ0v) is 13.4. The average Bonchev–Trinajstić information content (AvgIpc) is 3.06. The van der Waals surface area contributed by atoms with E-state index in [1.807, 2.05) is 6.07 Å². The lowest BCUT2D eigenvalue weighted by atomic mass is 10.1. The number of imidazole rings is 1. The second kappa shape index (κ2) is 5.95. The molecule has 8 heteroatoms. The van der Waals surface area contributed by atoms with E-state index >= 15 is 0 Å². The minimum Gasteiger partial charge on any atom is -0.337 e. The van der Waals surface area contributed by atoms with Gasteiger partial charge in [-0.25, -0.2) is 9.97 Å². The fraction of sp³-hybridized carbons (Fsp3) is 0. The third kappa shape index (κ3) is 2.81. The maximum atomic E-state index is 11.3. The van der Waals surface area contributed by atoms with Gasteiger partial charge < -0.3 is 4.98 Å². The molecule has 0 aliphatic carbocycles. The van der Waals surface area contributed by atoms with E-state index in [1.54, 1.807) is 36.7 Å². The van der Waals surface area contributed by atoms with Gasteiger partial charge in [0, 0.05) is 35.7 Å². The van der Waals surface area contributed by atoms with Crippen LogP contribution in [0.1, 0.15) is 0 Å². The fourth-order valence-electron chi connectivity index (χ4n) is 2.57. The fourth-order valence-corrected chi connectivity index (χ4v) is 2.80. The van der Waals surface area contributed by atoms with Crippen molar-refractivity contribution in [2.45, 2.75) is 0 Å². The first kappa shape index (κ1) is 15.2. The molecule has 0 aliphatic heterocycles. The second-order valence-electron chi connectivity index (χ2n) is 5.32. The lowest BCUT2D eigenvalue weighted by molar-refractivity contribution is -0.384. The first-order chi connectivity index (χ1) is 12.1. The van der Waals surface area contributed by atoms with Gasteiger partial charge in [-0.15, -0.1) is 0 Å². The molecule has 0 aliphatic rings. The Morgan fingerprint density at radius 2 is 1.80 bits per heavy atom. The van der Waals surface area contributed by atoms with Crippen molar-refractivity contribution in [2.75, 3.05) is 0 Å². The number of pyridine rings is 2. The minimum absolute atomic E-state index is 0.0670. The molecule has 4 rings (SSSR count). The molecule has 0 saturated heterocycles. The molecule has 1 aromatic carbocycles. The Labute approximate surface area is 146 Å². The summed E-state index contributed by atoms with van der Waals surface area (Å²) in [5.41, 5.74) is 2.81. The summed E-state index contributed by atoms with van der Waals surface area (Å²) in [4.78, 5) is 26.8. The van der Waals surface area contributed by atoms with Crippen molar-refractivity contribution >= 4 is 28.5 Å². The van der Waals surface area contributed by atoms with Crippen molar-refractivity contribution in [1.29, 1.82) is 0 Å². The maximum Gasteiger partial charge on any atom is 0.270 e. The highest BCUT2D eigenvalue weighted by Gasteiger charge is 2.16.